The van der Waals surface area contributed by atoms with Gasteiger partial charge in [0.2, 0.25) is 0 Å². The Morgan fingerprint density at radius 1 is 1.25 bits per heavy atom. The standard InChI is InChI=1S/C21H24ClNO4S/c1-3-16(27-14-9-7-8-13(22)12-14)19(24)23-20-18(21(25)26-4-2)15-10-5-6-11-17(15)28-20/h7-9,12,16H,3-6,10-11H2,1-2H3,(H,23,24)/t16-/m1/s1. The van der Waals surface area contributed by atoms with Gasteiger partial charge in [-0.1, -0.05) is 24.6 Å². The summed E-state index contributed by atoms with van der Waals surface area (Å²) in [6.45, 7) is 3.95. The molecule has 1 amide bonds. The molecule has 3 rings (SSSR count). The van der Waals surface area contributed by atoms with Crippen LogP contribution in [0.1, 0.15) is 53.9 Å². The fourth-order valence-corrected chi connectivity index (χ4v) is 4.75. The van der Waals surface area contributed by atoms with Crippen molar-refractivity contribution in [2.24, 2.45) is 0 Å². The number of amides is 1. The lowest BCUT2D eigenvalue weighted by atomic mass is 9.95. The molecular formula is C21H24ClNO4S. The summed E-state index contributed by atoms with van der Waals surface area (Å²) in [6.07, 6.45) is 3.70. The summed E-state index contributed by atoms with van der Waals surface area (Å²) < 4.78 is 11.1. The van der Waals surface area contributed by atoms with Gasteiger partial charge in [-0.2, -0.15) is 0 Å². The number of fused-ring (bicyclic) bond motifs is 1. The summed E-state index contributed by atoms with van der Waals surface area (Å²) in [6, 6.07) is 6.95. The highest BCUT2D eigenvalue weighted by molar-refractivity contribution is 7.17. The number of carbonyl (C=O) groups is 2. The molecule has 1 aliphatic rings. The topological polar surface area (TPSA) is 64.6 Å². The highest BCUT2D eigenvalue weighted by Gasteiger charge is 2.29. The smallest absolute Gasteiger partial charge is 0.341 e. The summed E-state index contributed by atoms with van der Waals surface area (Å²) in [4.78, 5) is 26.6. The Bertz CT molecular complexity index is 864. The Morgan fingerprint density at radius 3 is 2.75 bits per heavy atom. The van der Waals surface area contributed by atoms with Gasteiger partial charge in [0.25, 0.3) is 5.91 Å². The van der Waals surface area contributed by atoms with Gasteiger partial charge in [-0.3, -0.25) is 4.79 Å². The maximum absolute atomic E-state index is 12.9. The second-order valence-electron chi connectivity index (χ2n) is 6.60. The van der Waals surface area contributed by atoms with Gasteiger partial charge in [-0.05, 0) is 62.8 Å². The molecule has 0 unspecified atom stereocenters. The third kappa shape index (κ3) is 4.67. The van der Waals surface area contributed by atoms with E-state index in [0.717, 1.165) is 36.1 Å². The Morgan fingerprint density at radius 2 is 2.04 bits per heavy atom. The first-order valence-electron chi connectivity index (χ1n) is 9.58. The van der Waals surface area contributed by atoms with Crippen molar-refractivity contribution < 1.29 is 19.1 Å². The van der Waals surface area contributed by atoms with Gasteiger partial charge in [-0.15, -0.1) is 11.3 Å². The van der Waals surface area contributed by atoms with Crippen molar-refractivity contribution in [1.29, 1.82) is 0 Å². The minimum atomic E-state index is -0.687. The fourth-order valence-electron chi connectivity index (χ4n) is 3.29. The van der Waals surface area contributed by atoms with Gasteiger partial charge in [0.05, 0.1) is 12.2 Å². The Balaban J connectivity index is 1.82. The molecule has 0 saturated heterocycles. The number of hydrogen-bond donors (Lipinski definition) is 1. The first kappa shape index (κ1) is 20.7. The molecule has 0 spiro atoms. The minimum Gasteiger partial charge on any atom is -0.481 e. The monoisotopic (exact) mass is 421 g/mol. The van der Waals surface area contributed by atoms with E-state index >= 15 is 0 Å². The lowest BCUT2D eigenvalue weighted by molar-refractivity contribution is -0.122. The summed E-state index contributed by atoms with van der Waals surface area (Å²) in [5.74, 6) is -0.127. The first-order chi connectivity index (χ1) is 13.5. The molecule has 2 aromatic rings. The van der Waals surface area contributed by atoms with Crippen LogP contribution >= 0.6 is 22.9 Å². The predicted octanol–water partition coefficient (Wildman–Crippen LogP) is 5.25. The summed E-state index contributed by atoms with van der Waals surface area (Å²) >= 11 is 7.47. The van der Waals surface area contributed by atoms with Crippen LogP contribution in [-0.4, -0.2) is 24.6 Å². The van der Waals surface area contributed by atoms with Crippen LogP contribution in [0.15, 0.2) is 24.3 Å². The van der Waals surface area contributed by atoms with Crippen molar-refractivity contribution >= 4 is 39.8 Å². The lowest BCUT2D eigenvalue weighted by Gasteiger charge is -2.17. The zero-order chi connectivity index (χ0) is 20.1. The number of hydrogen-bond acceptors (Lipinski definition) is 5. The number of ether oxygens (including phenoxy) is 2. The van der Waals surface area contributed by atoms with Crippen LogP contribution in [0.4, 0.5) is 5.00 Å². The SMILES string of the molecule is CCOC(=O)c1c(NC(=O)[C@@H](CC)Oc2cccc(Cl)c2)sc2c1CCCC2. The maximum atomic E-state index is 12.9. The number of aryl methyl sites for hydroxylation is 1. The van der Waals surface area contributed by atoms with Crippen molar-refractivity contribution in [3.63, 3.8) is 0 Å². The second-order valence-corrected chi connectivity index (χ2v) is 8.14. The van der Waals surface area contributed by atoms with Crippen LogP contribution < -0.4 is 10.1 Å². The highest BCUT2D eigenvalue weighted by Crippen LogP contribution is 2.38. The number of thiophene rings is 1. The van der Waals surface area contributed by atoms with Gasteiger partial charge in [-0.25, -0.2) is 4.79 Å². The molecule has 1 aromatic carbocycles. The molecule has 1 N–H and O–H groups in total. The van der Waals surface area contributed by atoms with Crippen LogP contribution in [0.25, 0.3) is 0 Å². The molecule has 1 aromatic heterocycles. The van der Waals surface area contributed by atoms with Gasteiger partial charge in [0.15, 0.2) is 6.10 Å². The second kappa shape index (κ2) is 9.43. The zero-order valence-corrected chi connectivity index (χ0v) is 17.6. The third-order valence-electron chi connectivity index (χ3n) is 4.63. The van der Waals surface area contributed by atoms with Gasteiger partial charge in [0, 0.05) is 9.90 Å². The molecule has 0 bridgehead atoms. The minimum absolute atomic E-state index is 0.286. The van der Waals surface area contributed by atoms with Crippen molar-refractivity contribution in [3.05, 3.63) is 45.3 Å². The lowest BCUT2D eigenvalue weighted by Crippen LogP contribution is -2.32. The molecule has 0 radical (unpaired) electrons. The molecular weight excluding hydrogens is 398 g/mol. The third-order valence-corrected chi connectivity index (χ3v) is 6.07. The summed E-state index contributed by atoms with van der Waals surface area (Å²) in [5.41, 5.74) is 1.53. The van der Waals surface area contributed by atoms with E-state index in [-0.39, 0.29) is 11.9 Å². The Hall–Kier alpha value is -2.05. The van der Waals surface area contributed by atoms with Crippen LogP contribution in [0.2, 0.25) is 5.02 Å². The zero-order valence-electron chi connectivity index (χ0n) is 16.0. The predicted molar refractivity (Wildman–Crippen MR) is 112 cm³/mol. The molecule has 1 aliphatic carbocycles. The molecule has 1 heterocycles. The molecule has 0 saturated carbocycles. The molecule has 7 heteroatoms. The van der Waals surface area contributed by atoms with Crippen molar-refractivity contribution in [3.8, 4) is 5.75 Å². The van der Waals surface area contributed by atoms with E-state index in [1.165, 1.54) is 11.3 Å². The normalized spacial score (nSPS) is 14.1. The molecule has 150 valence electrons. The molecule has 0 fully saturated rings. The molecule has 0 aliphatic heterocycles. The van der Waals surface area contributed by atoms with E-state index in [1.807, 2.05) is 6.92 Å². The van der Waals surface area contributed by atoms with Crippen LogP contribution in [0.3, 0.4) is 0 Å². The molecule has 1 atom stereocenters. The Labute approximate surface area is 174 Å². The summed E-state index contributed by atoms with van der Waals surface area (Å²) in [5, 5.41) is 4.02. The van der Waals surface area contributed by atoms with E-state index in [0.29, 0.717) is 34.4 Å². The number of halogens is 1. The van der Waals surface area contributed by atoms with E-state index in [1.54, 1.807) is 31.2 Å². The number of carbonyl (C=O) groups excluding carboxylic acids is 2. The van der Waals surface area contributed by atoms with E-state index in [4.69, 9.17) is 21.1 Å². The van der Waals surface area contributed by atoms with Crippen LogP contribution in [0.5, 0.6) is 5.75 Å². The average Bonchev–Trinajstić information content (AvgIpc) is 3.04. The fraction of sp³-hybridized carbons (Fsp3) is 0.429. The number of benzene rings is 1. The van der Waals surface area contributed by atoms with E-state index < -0.39 is 6.10 Å². The number of esters is 1. The van der Waals surface area contributed by atoms with Gasteiger partial charge >= 0.3 is 5.97 Å². The van der Waals surface area contributed by atoms with Crippen molar-refractivity contribution in [1.82, 2.24) is 0 Å². The van der Waals surface area contributed by atoms with Crippen molar-refractivity contribution in [2.45, 2.75) is 52.1 Å². The summed E-state index contributed by atoms with van der Waals surface area (Å²) in [7, 11) is 0. The van der Waals surface area contributed by atoms with Crippen LogP contribution in [0, 0.1) is 0 Å². The number of anilines is 1. The molecule has 5 nitrogen and oxygen atoms in total. The quantitative estimate of drug-likeness (QED) is 0.620. The highest BCUT2D eigenvalue weighted by atomic mass is 35.5. The number of rotatable bonds is 7. The van der Waals surface area contributed by atoms with Crippen LogP contribution in [-0.2, 0) is 22.4 Å². The molecule has 28 heavy (non-hydrogen) atoms. The average molecular weight is 422 g/mol. The van der Waals surface area contributed by atoms with E-state index in [2.05, 4.69) is 5.32 Å². The van der Waals surface area contributed by atoms with Crippen molar-refractivity contribution in [2.75, 3.05) is 11.9 Å². The largest absolute Gasteiger partial charge is 0.481 e. The van der Waals surface area contributed by atoms with Gasteiger partial charge < -0.3 is 14.8 Å². The maximum Gasteiger partial charge on any atom is 0.341 e. The number of nitrogens with one attached hydrogen (secondary N) is 1. The Kier molecular flexibility index (Phi) is 6.97. The van der Waals surface area contributed by atoms with Gasteiger partial charge in [0.1, 0.15) is 10.8 Å². The van der Waals surface area contributed by atoms with E-state index in [9.17, 15) is 9.59 Å². The first-order valence-corrected chi connectivity index (χ1v) is 10.8.